The highest BCUT2D eigenvalue weighted by atomic mass is 79.9. The average Bonchev–Trinajstić information content (AvgIpc) is 3.46. The molecule has 4 nitrogen and oxygen atoms in total. The van der Waals surface area contributed by atoms with Gasteiger partial charge in [-0.25, -0.2) is 4.79 Å². The fraction of sp³-hybridized carbons (Fsp3) is 0.409. The quantitative estimate of drug-likeness (QED) is 0.514. The van der Waals surface area contributed by atoms with E-state index in [9.17, 15) is 4.79 Å². The van der Waals surface area contributed by atoms with Crippen LogP contribution in [0.1, 0.15) is 45.1 Å². The normalized spacial score (nSPS) is 15.7. The van der Waals surface area contributed by atoms with Gasteiger partial charge in [-0.05, 0) is 68.1 Å². The molecule has 2 aromatic rings. The summed E-state index contributed by atoms with van der Waals surface area (Å²) in [6, 6.07) is 15.8. The lowest BCUT2D eigenvalue weighted by Gasteiger charge is -2.25. The Bertz CT molecular complexity index is 755. The van der Waals surface area contributed by atoms with Gasteiger partial charge in [0, 0.05) is 21.6 Å². The van der Waals surface area contributed by atoms with Crippen molar-refractivity contribution < 1.29 is 9.53 Å². The van der Waals surface area contributed by atoms with E-state index < -0.39 is 0 Å². The van der Waals surface area contributed by atoms with Crippen LogP contribution in [0.4, 0.5) is 10.5 Å². The van der Waals surface area contributed by atoms with Crippen LogP contribution >= 0.6 is 15.9 Å². The van der Waals surface area contributed by atoms with Crippen molar-refractivity contribution in [1.82, 2.24) is 5.32 Å². The number of anilines is 1. The van der Waals surface area contributed by atoms with Crippen molar-refractivity contribution in [3.8, 4) is 5.75 Å². The first-order valence-electron chi connectivity index (χ1n) is 9.60. The molecule has 144 valence electrons. The van der Waals surface area contributed by atoms with Crippen LogP contribution in [-0.2, 0) is 5.41 Å². The fourth-order valence-corrected chi connectivity index (χ4v) is 3.62. The van der Waals surface area contributed by atoms with E-state index in [1.165, 1.54) is 5.56 Å². The minimum absolute atomic E-state index is 0.0506. The Morgan fingerprint density at radius 2 is 1.81 bits per heavy atom. The second kappa shape index (κ2) is 8.79. The third kappa shape index (κ3) is 5.04. The molecular formula is C22H27BrN2O2. The molecule has 1 saturated carbocycles. The lowest BCUT2D eigenvalue weighted by Crippen LogP contribution is -2.43. The number of ether oxygens (including phenoxy) is 1. The monoisotopic (exact) mass is 430 g/mol. The number of halogens is 1. The van der Waals surface area contributed by atoms with Crippen LogP contribution in [0.2, 0.25) is 0 Å². The van der Waals surface area contributed by atoms with Gasteiger partial charge < -0.3 is 15.4 Å². The zero-order valence-electron chi connectivity index (χ0n) is 15.9. The molecule has 0 radical (unpaired) electrons. The molecule has 27 heavy (non-hydrogen) atoms. The van der Waals surface area contributed by atoms with Crippen molar-refractivity contribution in [2.75, 3.05) is 11.9 Å². The van der Waals surface area contributed by atoms with Crippen LogP contribution in [0.15, 0.2) is 53.0 Å². The Labute approximate surface area is 169 Å². The number of unbranched alkanes of at least 4 members (excludes halogenated alkanes) is 1. The molecule has 2 N–H and O–H groups in total. The topological polar surface area (TPSA) is 50.4 Å². The molecule has 0 saturated heterocycles. The van der Waals surface area contributed by atoms with Gasteiger partial charge >= 0.3 is 6.03 Å². The molecule has 1 atom stereocenters. The zero-order valence-corrected chi connectivity index (χ0v) is 17.5. The smallest absolute Gasteiger partial charge is 0.319 e. The molecule has 0 aromatic heterocycles. The van der Waals surface area contributed by atoms with Crippen LogP contribution in [0.5, 0.6) is 5.75 Å². The number of nitrogens with one attached hydrogen (secondary N) is 2. The third-order valence-electron chi connectivity index (χ3n) is 5.26. The molecule has 0 aliphatic heterocycles. The van der Waals surface area contributed by atoms with E-state index in [1.807, 2.05) is 24.3 Å². The highest BCUT2D eigenvalue weighted by Crippen LogP contribution is 2.51. The summed E-state index contributed by atoms with van der Waals surface area (Å²) < 4.78 is 6.72. The van der Waals surface area contributed by atoms with Gasteiger partial charge in [-0.1, -0.05) is 41.4 Å². The lowest BCUT2D eigenvalue weighted by molar-refractivity contribution is 0.246. The highest BCUT2D eigenvalue weighted by Gasteiger charge is 2.49. The van der Waals surface area contributed by atoms with Crippen LogP contribution in [-0.4, -0.2) is 18.7 Å². The maximum absolute atomic E-state index is 12.4. The van der Waals surface area contributed by atoms with Crippen molar-refractivity contribution in [3.05, 3.63) is 58.6 Å². The molecule has 0 bridgehead atoms. The van der Waals surface area contributed by atoms with Crippen LogP contribution in [0.25, 0.3) is 0 Å². The maximum atomic E-state index is 12.4. The molecule has 2 amide bonds. The largest absolute Gasteiger partial charge is 0.494 e. The summed E-state index contributed by atoms with van der Waals surface area (Å²) >= 11 is 3.48. The first-order valence-corrected chi connectivity index (χ1v) is 10.4. The second-order valence-corrected chi connectivity index (χ2v) is 8.13. The number of carbonyl (C=O) groups is 1. The molecule has 0 spiro atoms. The van der Waals surface area contributed by atoms with E-state index in [0.717, 1.165) is 48.2 Å². The van der Waals surface area contributed by atoms with Crippen LogP contribution in [0, 0.1) is 0 Å². The van der Waals surface area contributed by atoms with E-state index in [0.29, 0.717) is 0 Å². The number of benzene rings is 2. The Morgan fingerprint density at radius 1 is 1.15 bits per heavy atom. The summed E-state index contributed by atoms with van der Waals surface area (Å²) in [5.74, 6) is 0.829. The van der Waals surface area contributed by atoms with Gasteiger partial charge in [0.25, 0.3) is 0 Å². The molecule has 1 aliphatic carbocycles. The summed E-state index contributed by atoms with van der Waals surface area (Å²) in [4.78, 5) is 12.4. The first-order chi connectivity index (χ1) is 13.0. The number of urea groups is 1. The van der Waals surface area contributed by atoms with Gasteiger partial charge in [0.05, 0.1) is 6.61 Å². The Morgan fingerprint density at radius 3 is 2.41 bits per heavy atom. The van der Waals surface area contributed by atoms with E-state index in [4.69, 9.17) is 4.74 Å². The van der Waals surface area contributed by atoms with Crippen molar-refractivity contribution in [2.24, 2.45) is 0 Å². The summed E-state index contributed by atoms with van der Waals surface area (Å²) in [7, 11) is 0. The van der Waals surface area contributed by atoms with E-state index >= 15 is 0 Å². The van der Waals surface area contributed by atoms with Gasteiger partial charge in [-0.2, -0.15) is 0 Å². The number of carbonyl (C=O) groups excluding carboxylic acids is 1. The second-order valence-electron chi connectivity index (χ2n) is 7.21. The van der Waals surface area contributed by atoms with Crippen molar-refractivity contribution in [2.45, 2.75) is 51.0 Å². The minimum Gasteiger partial charge on any atom is -0.494 e. The van der Waals surface area contributed by atoms with Crippen molar-refractivity contribution >= 4 is 27.6 Å². The highest BCUT2D eigenvalue weighted by molar-refractivity contribution is 9.10. The zero-order chi connectivity index (χ0) is 19.3. The molecule has 0 heterocycles. The molecule has 1 fully saturated rings. The summed E-state index contributed by atoms with van der Waals surface area (Å²) in [5.41, 5.74) is 2.10. The molecule has 3 rings (SSSR count). The SMILES string of the molecule is CCCCOc1ccc(NC(=O)NC(C)C2(c3ccc(Br)cc3)CC2)cc1. The number of hydrogen-bond acceptors (Lipinski definition) is 2. The van der Waals surface area contributed by atoms with Gasteiger partial charge in [0.2, 0.25) is 0 Å². The Kier molecular flexibility index (Phi) is 6.42. The number of hydrogen-bond donors (Lipinski definition) is 2. The van der Waals surface area contributed by atoms with Crippen molar-refractivity contribution in [3.63, 3.8) is 0 Å². The van der Waals surface area contributed by atoms with E-state index in [1.54, 1.807) is 0 Å². The van der Waals surface area contributed by atoms with Crippen LogP contribution < -0.4 is 15.4 Å². The van der Waals surface area contributed by atoms with E-state index in [-0.39, 0.29) is 17.5 Å². The summed E-state index contributed by atoms with van der Waals surface area (Å²) in [5, 5.41) is 6.02. The Hall–Kier alpha value is -2.01. The first kappa shape index (κ1) is 19.7. The molecule has 1 aliphatic rings. The number of rotatable bonds is 8. The maximum Gasteiger partial charge on any atom is 0.319 e. The van der Waals surface area contributed by atoms with Gasteiger partial charge in [0.1, 0.15) is 5.75 Å². The molecule has 5 heteroatoms. The number of amides is 2. The average molecular weight is 431 g/mol. The predicted octanol–water partition coefficient (Wildman–Crippen LogP) is 5.87. The fourth-order valence-electron chi connectivity index (χ4n) is 3.36. The van der Waals surface area contributed by atoms with Gasteiger partial charge in [0.15, 0.2) is 0 Å². The molecular weight excluding hydrogens is 404 g/mol. The predicted molar refractivity (Wildman–Crippen MR) is 114 cm³/mol. The third-order valence-corrected chi connectivity index (χ3v) is 5.79. The van der Waals surface area contributed by atoms with E-state index in [2.05, 4.69) is 64.7 Å². The molecule has 1 unspecified atom stereocenters. The van der Waals surface area contributed by atoms with Gasteiger partial charge in [-0.15, -0.1) is 0 Å². The van der Waals surface area contributed by atoms with Crippen LogP contribution in [0.3, 0.4) is 0 Å². The minimum atomic E-state index is -0.175. The molecule has 2 aromatic carbocycles. The Balaban J connectivity index is 1.53. The summed E-state index contributed by atoms with van der Waals surface area (Å²) in [6.07, 6.45) is 4.35. The van der Waals surface area contributed by atoms with Gasteiger partial charge in [-0.3, -0.25) is 0 Å². The summed E-state index contributed by atoms with van der Waals surface area (Å²) in [6.45, 7) is 4.94. The van der Waals surface area contributed by atoms with Crippen molar-refractivity contribution in [1.29, 1.82) is 0 Å². The lowest BCUT2D eigenvalue weighted by atomic mass is 9.89. The standard InChI is InChI=1S/C22H27BrN2O2/c1-3-4-15-27-20-11-9-19(10-12-20)25-21(26)24-16(2)22(13-14-22)17-5-7-18(23)8-6-17/h5-12,16H,3-4,13-15H2,1-2H3,(H2,24,25,26).